The quantitative estimate of drug-likeness (QED) is 0.903. The smallest absolute Gasteiger partial charge is 0.252 e. The molecule has 0 saturated carbocycles. The molecule has 1 saturated heterocycles. The molecule has 2 amide bonds. The Morgan fingerprint density at radius 2 is 2.16 bits per heavy atom. The van der Waals surface area contributed by atoms with Crippen molar-refractivity contribution in [2.75, 3.05) is 6.54 Å². The number of rotatable bonds is 4. The summed E-state index contributed by atoms with van der Waals surface area (Å²) >= 11 is 0. The molecule has 1 N–H and O–H groups in total. The van der Waals surface area contributed by atoms with Crippen LogP contribution >= 0.6 is 0 Å². The van der Waals surface area contributed by atoms with Crippen molar-refractivity contribution in [3.63, 3.8) is 0 Å². The highest BCUT2D eigenvalue weighted by Gasteiger charge is 2.43. The highest BCUT2D eigenvalue weighted by Crippen LogP contribution is 2.32. The van der Waals surface area contributed by atoms with Gasteiger partial charge >= 0.3 is 0 Å². The first-order valence-electron chi connectivity index (χ1n) is 8.85. The first-order valence-corrected chi connectivity index (χ1v) is 8.85. The molecule has 7 nitrogen and oxygen atoms in total. The normalized spacial score (nSPS) is 23.8. The van der Waals surface area contributed by atoms with E-state index >= 15 is 0 Å². The van der Waals surface area contributed by atoms with Crippen molar-refractivity contribution in [3.05, 3.63) is 17.5 Å². The van der Waals surface area contributed by atoms with Gasteiger partial charge < -0.3 is 14.7 Å². The van der Waals surface area contributed by atoms with Gasteiger partial charge in [-0.15, -0.1) is 0 Å². The molecule has 7 heteroatoms. The van der Waals surface area contributed by atoms with Gasteiger partial charge in [-0.05, 0) is 39.5 Å². The lowest BCUT2D eigenvalue weighted by molar-refractivity contribution is -0.134. The van der Waals surface area contributed by atoms with Gasteiger partial charge in [0.25, 0.3) is 5.91 Å². The number of amidine groups is 1. The summed E-state index contributed by atoms with van der Waals surface area (Å²) in [6, 6.07) is 1.65. The number of carbonyl (C=O) groups excluding carboxylic acids is 2. The number of nitrogens with zero attached hydrogens (tertiary/aromatic N) is 3. The summed E-state index contributed by atoms with van der Waals surface area (Å²) in [5.41, 5.74) is -0.00725. The number of aryl methyl sites for hydroxylation is 1. The third kappa shape index (κ3) is 3.19. The Morgan fingerprint density at radius 1 is 1.44 bits per heavy atom. The zero-order valence-electron chi connectivity index (χ0n) is 15.5. The van der Waals surface area contributed by atoms with Gasteiger partial charge in [-0.2, -0.15) is 0 Å². The number of likely N-dealkylation sites (tertiary alicyclic amines) is 1. The summed E-state index contributed by atoms with van der Waals surface area (Å²) in [4.78, 5) is 31.7. The van der Waals surface area contributed by atoms with E-state index in [1.54, 1.807) is 13.8 Å². The molecule has 1 aromatic rings. The summed E-state index contributed by atoms with van der Waals surface area (Å²) in [5.74, 6) is 0.798. The van der Waals surface area contributed by atoms with Crippen LogP contribution in [-0.4, -0.2) is 45.8 Å². The second-order valence-corrected chi connectivity index (χ2v) is 7.79. The zero-order valence-corrected chi connectivity index (χ0v) is 15.5. The molecule has 2 atom stereocenters. The predicted octanol–water partition coefficient (Wildman–Crippen LogP) is 2.02. The van der Waals surface area contributed by atoms with E-state index in [-0.39, 0.29) is 29.7 Å². The van der Waals surface area contributed by atoms with E-state index in [0.29, 0.717) is 18.1 Å². The number of nitrogens with one attached hydrogen (secondary N) is 1. The lowest BCUT2D eigenvalue weighted by Gasteiger charge is -2.29. The van der Waals surface area contributed by atoms with Crippen molar-refractivity contribution < 1.29 is 14.1 Å². The first kappa shape index (κ1) is 17.6. The molecule has 3 rings (SSSR count). The summed E-state index contributed by atoms with van der Waals surface area (Å²) in [6.07, 6.45) is 1.70. The number of hydrogen-bond acceptors (Lipinski definition) is 5. The van der Waals surface area contributed by atoms with Crippen molar-refractivity contribution in [1.29, 1.82) is 0 Å². The Labute approximate surface area is 147 Å². The maximum absolute atomic E-state index is 13.3. The molecular formula is C18H26N4O3. The Bertz CT molecular complexity index is 720. The minimum absolute atomic E-state index is 0.00954. The Balaban J connectivity index is 1.86. The molecule has 0 aliphatic carbocycles. The van der Waals surface area contributed by atoms with E-state index in [4.69, 9.17) is 4.52 Å². The van der Waals surface area contributed by atoms with Crippen molar-refractivity contribution in [3.8, 4) is 0 Å². The predicted molar refractivity (Wildman–Crippen MR) is 93.2 cm³/mol. The largest absolute Gasteiger partial charge is 0.360 e. The van der Waals surface area contributed by atoms with Gasteiger partial charge in [0.1, 0.15) is 23.1 Å². The van der Waals surface area contributed by atoms with Gasteiger partial charge in [0.05, 0.1) is 11.7 Å². The number of carbonyl (C=O) groups is 2. The third-order valence-corrected chi connectivity index (χ3v) is 4.93. The number of hydrogen-bond donors (Lipinski definition) is 1. The van der Waals surface area contributed by atoms with E-state index in [1.807, 2.05) is 31.7 Å². The fourth-order valence-electron chi connectivity index (χ4n) is 3.57. The number of aliphatic imine (C=N–C) groups is 1. The lowest BCUT2D eigenvalue weighted by atomic mass is 9.91. The minimum Gasteiger partial charge on any atom is -0.360 e. The molecule has 1 aromatic heterocycles. The summed E-state index contributed by atoms with van der Waals surface area (Å²) < 4.78 is 5.38. The van der Waals surface area contributed by atoms with Crippen LogP contribution in [0.2, 0.25) is 0 Å². The molecule has 3 heterocycles. The first-order chi connectivity index (χ1) is 11.7. The number of amides is 2. The van der Waals surface area contributed by atoms with E-state index in [2.05, 4.69) is 15.5 Å². The fraction of sp³-hybridized carbons (Fsp3) is 0.667. The van der Waals surface area contributed by atoms with E-state index in [0.717, 1.165) is 18.5 Å². The Morgan fingerprint density at radius 3 is 2.68 bits per heavy atom. The van der Waals surface area contributed by atoms with Crippen LogP contribution in [0.3, 0.4) is 0 Å². The number of aromatic nitrogens is 1. The van der Waals surface area contributed by atoms with Crippen LogP contribution in [-0.2, 0) is 9.59 Å². The molecule has 0 radical (unpaired) electrons. The Hall–Kier alpha value is -2.18. The molecule has 25 heavy (non-hydrogen) atoms. The van der Waals surface area contributed by atoms with E-state index in [9.17, 15) is 9.59 Å². The van der Waals surface area contributed by atoms with Gasteiger partial charge in [-0.1, -0.05) is 19.0 Å². The van der Waals surface area contributed by atoms with Gasteiger partial charge in [-0.25, -0.2) is 0 Å². The summed E-state index contributed by atoms with van der Waals surface area (Å²) in [5, 5.41) is 6.79. The van der Waals surface area contributed by atoms with Crippen LogP contribution in [0.5, 0.6) is 0 Å². The monoisotopic (exact) mass is 346 g/mol. The molecule has 136 valence electrons. The van der Waals surface area contributed by atoms with Crippen LogP contribution in [0.4, 0.5) is 0 Å². The van der Waals surface area contributed by atoms with E-state index < -0.39 is 5.54 Å². The van der Waals surface area contributed by atoms with Crippen molar-refractivity contribution in [2.24, 2.45) is 10.9 Å². The standard InChI is InChI=1S/C18H26N4O3/c1-10(2)14(13-9-11(3)21-25-13)16(23)22-8-6-7-12(22)15-19-17(24)18(4,5)20-15/h9-10,12,14H,6-8H2,1-5H3,(H,19,20,24). The summed E-state index contributed by atoms with van der Waals surface area (Å²) in [7, 11) is 0. The molecular weight excluding hydrogens is 320 g/mol. The molecule has 2 unspecified atom stereocenters. The fourth-order valence-corrected chi connectivity index (χ4v) is 3.57. The minimum atomic E-state index is -0.772. The van der Waals surface area contributed by atoms with Gasteiger partial charge in [0.2, 0.25) is 5.91 Å². The molecule has 2 aliphatic rings. The molecule has 0 bridgehead atoms. The van der Waals surface area contributed by atoms with Crippen molar-refractivity contribution >= 4 is 17.6 Å². The maximum atomic E-state index is 13.3. The third-order valence-electron chi connectivity index (χ3n) is 4.93. The van der Waals surface area contributed by atoms with Crippen molar-refractivity contribution in [1.82, 2.24) is 15.4 Å². The lowest BCUT2D eigenvalue weighted by Crippen LogP contribution is -2.48. The molecule has 1 fully saturated rings. The van der Waals surface area contributed by atoms with Gasteiger partial charge in [0.15, 0.2) is 0 Å². The molecule has 0 spiro atoms. The van der Waals surface area contributed by atoms with Crippen LogP contribution in [0.1, 0.15) is 57.9 Å². The second kappa shape index (κ2) is 6.28. The van der Waals surface area contributed by atoms with Crippen LogP contribution in [0.15, 0.2) is 15.6 Å². The van der Waals surface area contributed by atoms with Gasteiger partial charge in [-0.3, -0.25) is 14.6 Å². The topological polar surface area (TPSA) is 87.8 Å². The highest BCUT2D eigenvalue weighted by atomic mass is 16.5. The second-order valence-electron chi connectivity index (χ2n) is 7.79. The molecule has 2 aliphatic heterocycles. The van der Waals surface area contributed by atoms with Crippen LogP contribution in [0.25, 0.3) is 0 Å². The van der Waals surface area contributed by atoms with Crippen molar-refractivity contribution in [2.45, 2.75) is 65.0 Å². The zero-order chi connectivity index (χ0) is 18.4. The average Bonchev–Trinajstić information content (AvgIpc) is 3.19. The summed E-state index contributed by atoms with van der Waals surface area (Å²) in [6.45, 7) is 10.1. The van der Waals surface area contributed by atoms with Gasteiger partial charge in [0, 0.05) is 12.6 Å². The maximum Gasteiger partial charge on any atom is 0.252 e. The SMILES string of the molecule is Cc1cc(C(C(=O)N2CCCC2C2=NC(C)(C)C(=O)N2)C(C)C)on1. The Kier molecular flexibility index (Phi) is 4.43. The van der Waals surface area contributed by atoms with Crippen LogP contribution < -0.4 is 5.32 Å². The highest BCUT2D eigenvalue weighted by molar-refractivity contribution is 6.10. The average molecular weight is 346 g/mol. The van der Waals surface area contributed by atoms with E-state index in [1.165, 1.54) is 0 Å². The molecule has 0 aromatic carbocycles. The van der Waals surface area contributed by atoms with Crippen LogP contribution in [0, 0.1) is 12.8 Å².